The molecule has 1 aliphatic rings. The highest BCUT2D eigenvalue weighted by Gasteiger charge is 2.41. The predicted molar refractivity (Wildman–Crippen MR) is 193 cm³/mol. The van der Waals surface area contributed by atoms with Crippen LogP contribution in [-0.4, -0.2) is 48.8 Å². The van der Waals surface area contributed by atoms with Gasteiger partial charge in [0.1, 0.15) is 11.3 Å². The molecule has 5 aromatic rings. The third-order valence-corrected chi connectivity index (χ3v) is 8.41. The number of rotatable bonds is 6. The molecule has 0 aliphatic heterocycles. The molecule has 3 aromatic heterocycles. The number of carbonyl (C=O) groups excluding carboxylic acids is 1. The normalized spacial score (nSPS) is 14.1. The first-order valence-corrected chi connectivity index (χ1v) is 16.5. The lowest BCUT2D eigenvalue weighted by Gasteiger charge is -2.43. The van der Waals surface area contributed by atoms with Crippen molar-refractivity contribution in [3.8, 4) is 33.8 Å². The van der Waals surface area contributed by atoms with E-state index in [9.17, 15) is 4.79 Å². The number of ether oxygens (including phenoxy) is 2. The largest absolute Gasteiger partial charge is 0.444 e. The summed E-state index contributed by atoms with van der Waals surface area (Å²) in [6.07, 6.45) is 4.11. The van der Waals surface area contributed by atoms with Crippen LogP contribution in [0, 0.1) is 13.8 Å². The van der Waals surface area contributed by atoms with Gasteiger partial charge in [-0.1, -0.05) is 61.2 Å². The third-order valence-electron chi connectivity index (χ3n) is 8.41. The third kappa shape index (κ3) is 7.52. The monoisotopic (exact) mass is 648 g/mol. The number of amides is 1. The van der Waals surface area contributed by atoms with Crippen LogP contribution in [0.15, 0.2) is 73.3 Å². The predicted octanol–water partition coefficient (Wildman–Crippen LogP) is 8.98. The molecule has 1 saturated carbocycles. The average Bonchev–Trinajstić information content (AvgIpc) is 3.54. The van der Waals surface area contributed by atoms with Crippen molar-refractivity contribution in [2.24, 2.45) is 0 Å². The van der Waals surface area contributed by atoms with E-state index in [1.165, 1.54) is 0 Å². The maximum Gasteiger partial charge on any atom is 0.408 e. The topological polar surface area (TPSA) is 95.6 Å². The fourth-order valence-corrected chi connectivity index (χ4v) is 5.73. The molecule has 2 aromatic carbocycles. The van der Waals surface area contributed by atoms with Gasteiger partial charge in [0.2, 0.25) is 0 Å². The zero-order valence-electron chi connectivity index (χ0n) is 29.7. The van der Waals surface area contributed by atoms with Crippen LogP contribution in [0.1, 0.15) is 77.8 Å². The Balaban J connectivity index is 0.000000689. The Labute approximate surface area is 284 Å². The summed E-state index contributed by atoms with van der Waals surface area (Å²) in [5.41, 5.74) is 8.25. The van der Waals surface area contributed by atoms with Gasteiger partial charge in [0.15, 0.2) is 5.65 Å². The number of nitrogens with one attached hydrogen (secondary N) is 1. The Bertz CT molecular complexity index is 1900. The average molecular weight is 649 g/mol. The molecule has 0 radical (unpaired) electrons. The van der Waals surface area contributed by atoms with Crippen LogP contribution in [0.4, 0.5) is 4.79 Å². The molecule has 1 fully saturated rings. The number of hydrogen-bond donors (Lipinski definition) is 1. The van der Waals surface area contributed by atoms with E-state index < -0.39 is 11.1 Å². The molecular formula is C39H48N6O3. The second kappa shape index (κ2) is 13.4. The maximum atomic E-state index is 12.7. The molecule has 3 heterocycles. The summed E-state index contributed by atoms with van der Waals surface area (Å²) in [5.74, 6) is 0. The van der Waals surface area contributed by atoms with Crippen molar-refractivity contribution in [3.05, 3.63) is 90.3 Å². The number of aromatic nitrogens is 5. The first-order chi connectivity index (χ1) is 22.6. The molecule has 0 saturated heterocycles. The standard InChI is InChI=1S/C34H36N6O2.C5H12O/c1-7-39-28(20-22(2)37-39)31-23(3)35-29-21-27(24-12-9-8-10-13-24)30(38-40(29)31)25-14-16-26(17-15-25)34(18-11-19-34)36-32(41)42-33(4,5)6;1-5(2,3)6-4/h7-10,12-17,20-21H,1,11,18-19H2,2-6H3,(H,36,41);1-4H3. The minimum atomic E-state index is -0.552. The lowest BCUT2D eigenvalue weighted by Crippen LogP contribution is -2.52. The SMILES string of the molecule is C=Cn1nc(C)cc1-c1c(C)nc2cc(-c3ccccc3)c(-c3ccc(C4(NC(=O)OC(C)(C)C)CCC4)cc3)nn12.COC(C)(C)C. The van der Waals surface area contributed by atoms with Crippen LogP contribution in [0.2, 0.25) is 0 Å². The summed E-state index contributed by atoms with van der Waals surface area (Å²) in [6, 6.07) is 22.8. The Morgan fingerprint density at radius 1 is 0.917 bits per heavy atom. The highest BCUT2D eigenvalue weighted by Crippen LogP contribution is 2.42. The molecule has 0 atom stereocenters. The minimum absolute atomic E-state index is 0.0417. The number of alkyl carbamates (subject to hydrolysis) is 1. The van der Waals surface area contributed by atoms with Gasteiger partial charge in [-0.25, -0.2) is 19.0 Å². The second-order valence-electron chi connectivity index (χ2n) is 14.3. The van der Waals surface area contributed by atoms with Gasteiger partial charge in [-0.2, -0.15) is 10.2 Å². The molecule has 1 N–H and O–H groups in total. The van der Waals surface area contributed by atoms with Crippen molar-refractivity contribution in [2.45, 2.75) is 91.4 Å². The van der Waals surface area contributed by atoms with Gasteiger partial charge in [0, 0.05) is 24.4 Å². The van der Waals surface area contributed by atoms with Gasteiger partial charge in [-0.3, -0.25) is 0 Å². The Kier molecular flexibility index (Phi) is 9.65. The van der Waals surface area contributed by atoms with Gasteiger partial charge < -0.3 is 14.8 Å². The van der Waals surface area contributed by atoms with Crippen molar-refractivity contribution in [1.82, 2.24) is 29.7 Å². The van der Waals surface area contributed by atoms with Crippen molar-refractivity contribution in [3.63, 3.8) is 0 Å². The van der Waals surface area contributed by atoms with Crippen LogP contribution in [0.5, 0.6) is 0 Å². The van der Waals surface area contributed by atoms with E-state index in [4.69, 9.17) is 19.6 Å². The summed E-state index contributed by atoms with van der Waals surface area (Å²) in [4.78, 5) is 17.6. The van der Waals surface area contributed by atoms with Crippen molar-refractivity contribution in [1.29, 1.82) is 0 Å². The van der Waals surface area contributed by atoms with E-state index in [2.05, 4.69) is 59.5 Å². The number of hydrogen-bond acceptors (Lipinski definition) is 6. The summed E-state index contributed by atoms with van der Waals surface area (Å²) < 4.78 is 14.2. The van der Waals surface area contributed by atoms with Crippen LogP contribution in [0.3, 0.4) is 0 Å². The lowest BCUT2D eigenvalue weighted by atomic mass is 9.71. The summed E-state index contributed by atoms with van der Waals surface area (Å²) in [7, 11) is 1.71. The Morgan fingerprint density at radius 3 is 2.10 bits per heavy atom. The van der Waals surface area contributed by atoms with Gasteiger partial charge in [0.25, 0.3) is 0 Å². The minimum Gasteiger partial charge on any atom is -0.444 e. The van der Waals surface area contributed by atoms with Crippen LogP contribution in [-0.2, 0) is 15.0 Å². The zero-order valence-corrected chi connectivity index (χ0v) is 29.7. The van der Waals surface area contributed by atoms with Gasteiger partial charge in [-0.05, 0) is 97.9 Å². The van der Waals surface area contributed by atoms with Crippen molar-refractivity contribution < 1.29 is 14.3 Å². The number of benzene rings is 2. The van der Waals surface area contributed by atoms with Crippen molar-refractivity contribution in [2.75, 3.05) is 7.11 Å². The van der Waals surface area contributed by atoms with Gasteiger partial charge in [0.05, 0.1) is 33.9 Å². The zero-order chi connectivity index (χ0) is 34.9. The maximum absolute atomic E-state index is 12.7. The quantitative estimate of drug-likeness (QED) is 0.197. The van der Waals surface area contributed by atoms with Gasteiger partial charge in [-0.15, -0.1) is 0 Å². The van der Waals surface area contributed by atoms with E-state index >= 15 is 0 Å². The number of aryl methyl sites for hydroxylation is 2. The number of imidazole rings is 1. The Hall–Kier alpha value is -4.76. The van der Waals surface area contributed by atoms with E-state index in [-0.39, 0.29) is 11.7 Å². The highest BCUT2D eigenvalue weighted by molar-refractivity contribution is 5.83. The summed E-state index contributed by atoms with van der Waals surface area (Å²) in [5, 5.41) is 12.9. The molecule has 1 amide bonds. The van der Waals surface area contributed by atoms with E-state index in [0.717, 1.165) is 75.6 Å². The van der Waals surface area contributed by atoms with Crippen LogP contribution >= 0.6 is 0 Å². The number of carbonyl (C=O) groups is 1. The molecular weight excluding hydrogens is 600 g/mol. The van der Waals surface area contributed by atoms with E-state index in [1.54, 1.807) is 18.0 Å². The molecule has 6 rings (SSSR count). The molecule has 9 heteroatoms. The first kappa shape index (κ1) is 34.6. The fourth-order valence-electron chi connectivity index (χ4n) is 5.73. The van der Waals surface area contributed by atoms with E-state index in [1.807, 2.05) is 84.2 Å². The molecule has 1 aliphatic carbocycles. The molecule has 0 spiro atoms. The lowest BCUT2D eigenvalue weighted by molar-refractivity contribution is 0.0375. The van der Waals surface area contributed by atoms with Crippen molar-refractivity contribution >= 4 is 17.9 Å². The highest BCUT2D eigenvalue weighted by atomic mass is 16.6. The molecule has 0 unspecified atom stereocenters. The number of fused-ring (bicyclic) bond motifs is 1. The molecule has 48 heavy (non-hydrogen) atoms. The first-order valence-electron chi connectivity index (χ1n) is 16.5. The summed E-state index contributed by atoms with van der Waals surface area (Å²) >= 11 is 0. The summed E-state index contributed by atoms with van der Waals surface area (Å²) in [6.45, 7) is 19.6. The second-order valence-corrected chi connectivity index (χ2v) is 14.3. The van der Waals surface area contributed by atoms with E-state index in [0.29, 0.717) is 0 Å². The molecule has 0 bridgehead atoms. The fraction of sp³-hybridized carbons (Fsp3) is 0.385. The van der Waals surface area contributed by atoms with Gasteiger partial charge >= 0.3 is 6.09 Å². The smallest absolute Gasteiger partial charge is 0.408 e. The van der Waals surface area contributed by atoms with Crippen LogP contribution in [0.25, 0.3) is 45.6 Å². The number of methoxy groups -OCH3 is 1. The molecule has 252 valence electrons. The Morgan fingerprint density at radius 2 is 1.56 bits per heavy atom. The molecule has 9 nitrogen and oxygen atoms in total. The number of nitrogens with zero attached hydrogens (tertiary/aromatic N) is 5. The van der Waals surface area contributed by atoms with Crippen LogP contribution < -0.4 is 5.32 Å².